The first-order valence-corrected chi connectivity index (χ1v) is 5.12. The molecule has 0 spiro atoms. The van der Waals surface area contributed by atoms with Gasteiger partial charge in [-0.1, -0.05) is 36.9 Å². The molecule has 3 nitrogen and oxygen atoms in total. The van der Waals surface area contributed by atoms with Gasteiger partial charge >= 0.3 is 5.97 Å². The molecule has 0 heterocycles. The van der Waals surface area contributed by atoms with Crippen molar-refractivity contribution in [2.24, 2.45) is 0 Å². The maximum Gasteiger partial charge on any atom is 0.333 e. The number of carbonyl (C=O) groups is 1. The lowest BCUT2D eigenvalue weighted by molar-refractivity contribution is -0.140. The summed E-state index contributed by atoms with van der Waals surface area (Å²) in [5.41, 5.74) is 1.41. The van der Waals surface area contributed by atoms with Crippen molar-refractivity contribution in [3.63, 3.8) is 0 Å². The van der Waals surface area contributed by atoms with Crippen LogP contribution in [0, 0.1) is 0 Å². The zero-order valence-corrected chi connectivity index (χ0v) is 9.44. The van der Waals surface area contributed by atoms with Gasteiger partial charge in [0.05, 0.1) is 6.61 Å². The molecule has 0 aliphatic heterocycles. The van der Waals surface area contributed by atoms with Crippen molar-refractivity contribution >= 4 is 5.97 Å². The maximum atomic E-state index is 11.4. The van der Waals surface area contributed by atoms with Gasteiger partial charge in [-0.2, -0.15) is 0 Å². The molecular formula is C13H16O3. The summed E-state index contributed by atoms with van der Waals surface area (Å²) in [7, 11) is 1.59. The second-order valence-electron chi connectivity index (χ2n) is 3.41. The highest BCUT2D eigenvalue weighted by atomic mass is 16.5. The van der Waals surface area contributed by atoms with Crippen molar-refractivity contribution in [3.05, 3.63) is 48.0 Å². The normalized spacial score (nSPS) is 9.81. The lowest BCUT2D eigenvalue weighted by Gasteiger charge is -2.06. The Labute approximate surface area is 95.7 Å². The first kappa shape index (κ1) is 12.5. The number of rotatable bonds is 6. The third-order valence-electron chi connectivity index (χ3n) is 2.11. The van der Waals surface area contributed by atoms with Crippen LogP contribution in [0.15, 0.2) is 42.5 Å². The molecule has 0 atom stereocenters. The van der Waals surface area contributed by atoms with Crippen molar-refractivity contribution in [3.8, 4) is 0 Å². The predicted octanol–water partition coefficient (Wildman–Crippen LogP) is 2.32. The van der Waals surface area contributed by atoms with E-state index in [9.17, 15) is 4.79 Å². The lowest BCUT2D eigenvalue weighted by Crippen LogP contribution is -2.08. The Morgan fingerprint density at radius 3 is 2.62 bits per heavy atom. The summed E-state index contributed by atoms with van der Waals surface area (Å²) in [5.74, 6) is -0.360. The molecule has 1 aromatic carbocycles. The molecule has 0 aliphatic carbocycles. The van der Waals surface area contributed by atoms with Crippen LogP contribution in [0.2, 0.25) is 0 Å². The molecule has 1 rings (SSSR count). The summed E-state index contributed by atoms with van der Waals surface area (Å²) >= 11 is 0. The molecule has 0 saturated heterocycles. The van der Waals surface area contributed by atoms with Gasteiger partial charge in [0, 0.05) is 19.1 Å². The number of methoxy groups -OCH3 is 1. The molecular weight excluding hydrogens is 204 g/mol. The van der Waals surface area contributed by atoms with Gasteiger partial charge in [-0.25, -0.2) is 4.79 Å². The molecule has 1 aromatic rings. The fourth-order valence-corrected chi connectivity index (χ4v) is 1.15. The molecule has 86 valence electrons. The minimum absolute atomic E-state index is 0.283. The Kier molecular flexibility index (Phi) is 5.29. The van der Waals surface area contributed by atoms with E-state index < -0.39 is 0 Å². The molecule has 0 N–H and O–H groups in total. The van der Waals surface area contributed by atoms with E-state index in [0.717, 1.165) is 5.56 Å². The third kappa shape index (κ3) is 4.28. The van der Waals surface area contributed by atoms with Crippen LogP contribution in [0.25, 0.3) is 0 Å². The molecule has 0 radical (unpaired) electrons. The van der Waals surface area contributed by atoms with Crippen molar-refractivity contribution in [1.29, 1.82) is 0 Å². The van der Waals surface area contributed by atoms with Crippen molar-refractivity contribution in [1.82, 2.24) is 0 Å². The van der Waals surface area contributed by atoms with E-state index in [4.69, 9.17) is 9.47 Å². The van der Waals surface area contributed by atoms with Gasteiger partial charge in [-0.15, -0.1) is 0 Å². The number of hydrogen-bond acceptors (Lipinski definition) is 3. The zero-order valence-electron chi connectivity index (χ0n) is 9.44. The van der Waals surface area contributed by atoms with Crippen LogP contribution in [0.5, 0.6) is 0 Å². The van der Waals surface area contributed by atoms with Gasteiger partial charge < -0.3 is 9.47 Å². The zero-order chi connectivity index (χ0) is 11.8. The van der Waals surface area contributed by atoms with Gasteiger partial charge in [-0.05, 0) is 5.56 Å². The van der Waals surface area contributed by atoms with Crippen LogP contribution >= 0.6 is 0 Å². The van der Waals surface area contributed by atoms with Crippen molar-refractivity contribution in [2.75, 3.05) is 13.7 Å². The molecule has 0 amide bonds. The van der Waals surface area contributed by atoms with E-state index in [2.05, 4.69) is 6.58 Å². The minimum Gasteiger partial charge on any atom is -0.457 e. The Morgan fingerprint density at radius 2 is 2.00 bits per heavy atom. The summed E-state index contributed by atoms with van der Waals surface area (Å²) < 4.78 is 9.95. The average Bonchev–Trinajstić information content (AvgIpc) is 2.34. The number of benzene rings is 1. The Bertz CT molecular complexity index is 343. The van der Waals surface area contributed by atoms with E-state index in [-0.39, 0.29) is 12.6 Å². The Balaban J connectivity index is 2.32. The van der Waals surface area contributed by atoms with E-state index in [1.807, 2.05) is 30.3 Å². The molecule has 0 aromatic heterocycles. The monoisotopic (exact) mass is 220 g/mol. The summed E-state index contributed by atoms with van der Waals surface area (Å²) in [6.07, 6.45) is 0.504. The Hall–Kier alpha value is -1.61. The van der Waals surface area contributed by atoms with Crippen LogP contribution in [0.3, 0.4) is 0 Å². The number of carbonyl (C=O) groups excluding carboxylic acids is 1. The highest BCUT2D eigenvalue weighted by molar-refractivity contribution is 5.87. The lowest BCUT2D eigenvalue weighted by atomic mass is 10.2. The average molecular weight is 220 g/mol. The molecule has 0 aliphatic rings. The van der Waals surface area contributed by atoms with Crippen LogP contribution in [0.1, 0.15) is 12.0 Å². The SMILES string of the molecule is C=C(CCOC)C(=O)OCc1ccccc1. The first-order valence-electron chi connectivity index (χ1n) is 5.12. The first-order chi connectivity index (χ1) is 7.74. The fourth-order valence-electron chi connectivity index (χ4n) is 1.15. The summed E-state index contributed by atoms with van der Waals surface area (Å²) in [6.45, 7) is 4.42. The van der Waals surface area contributed by atoms with Crippen molar-refractivity contribution in [2.45, 2.75) is 13.0 Å². The Morgan fingerprint density at radius 1 is 1.31 bits per heavy atom. The second-order valence-corrected chi connectivity index (χ2v) is 3.41. The van der Waals surface area contributed by atoms with E-state index in [0.29, 0.717) is 18.6 Å². The van der Waals surface area contributed by atoms with E-state index in [1.54, 1.807) is 7.11 Å². The van der Waals surface area contributed by atoms with Gasteiger partial charge in [0.2, 0.25) is 0 Å². The highest BCUT2D eigenvalue weighted by Gasteiger charge is 2.07. The van der Waals surface area contributed by atoms with E-state index >= 15 is 0 Å². The predicted molar refractivity (Wildman–Crippen MR) is 61.9 cm³/mol. The highest BCUT2D eigenvalue weighted by Crippen LogP contribution is 2.05. The van der Waals surface area contributed by atoms with Crippen LogP contribution < -0.4 is 0 Å². The number of hydrogen-bond donors (Lipinski definition) is 0. The number of esters is 1. The smallest absolute Gasteiger partial charge is 0.333 e. The molecule has 0 bridgehead atoms. The van der Waals surface area contributed by atoms with Crippen LogP contribution in [-0.2, 0) is 20.9 Å². The summed E-state index contributed by atoms with van der Waals surface area (Å²) in [5, 5.41) is 0. The van der Waals surface area contributed by atoms with Gasteiger partial charge in [-0.3, -0.25) is 0 Å². The topological polar surface area (TPSA) is 35.5 Å². The van der Waals surface area contributed by atoms with E-state index in [1.165, 1.54) is 0 Å². The van der Waals surface area contributed by atoms with Gasteiger partial charge in [0.1, 0.15) is 6.61 Å². The maximum absolute atomic E-state index is 11.4. The summed E-state index contributed by atoms with van der Waals surface area (Å²) in [4.78, 5) is 11.4. The second kappa shape index (κ2) is 6.80. The molecule has 0 saturated carbocycles. The minimum atomic E-state index is -0.360. The van der Waals surface area contributed by atoms with Gasteiger partial charge in [0.25, 0.3) is 0 Å². The largest absolute Gasteiger partial charge is 0.457 e. The quantitative estimate of drug-likeness (QED) is 0.545. The molecule has 0 fully saturated rings. The van der Waals surface area contributed by atoms with Crippen LogP contribution in [0.4, 0.5) is 0 Å². The van der Waals surface area contributed by atoms with Crippen molar-refractivity contribution < 1.29 is 14.3 Å². The summed E-state index contributed by atoms with van der Waals surface area (Å²) in [6, 6.07) is 9.55. The molecule has 0 unspecified atom stereocenters. The third-order valence-corrected chi connectivity index (χ3v) is 2.11. The standard InChI is InChI=1S/C13H16O3/c1-11(8-9-15-2)13(14)16-10-12-6-4-3-5-7-12/h3-7H,1,8-10H2,2H3. The van der Waals surface area contributed by atoms with Crippen LogP contribution in [-0.4, -0.2) is 19.7 Å². The molecule has 16 heavy (non-hydrogen) atoms. The van der Waals surface area contributed by atoms with Gasteiger partial charge in [0.15, 0.2) is 0 Å². The number of ether oxygens (including phenoxy) is 2. The molecule has 3 heteroatoms. The fraction of sp³-hybridized carbons (Fsp3) is 0.308.